The molecule has 1 saturated carbocycles. The number of amides is 1. The van der Waals surface area contributed by atoms with E-state index in [2.05, 4.69) is 5.32 Å². The van der Waals surface area contributed by atoms with Gasteiger partial charge in [-0.25, -0.2) is 0 Å². The van der Waals surface area contributed by atoms with Crippen LogP contribution in [0.4, 0.5) is 0 Å². The average molecular weight is 219 g/mol. The number of nitrogens with one attached hydrogen (secondary N) is 1. The van der Waals surface area contributed by atoms with Crippen LogP contribution in [0.25, 0.3) is 0 Å². The molecule has 1 N–H and O–H groups in total. The first kappa shape index (κ1) is 11.0. The number of hydrogen-bond acceptors (Lipinski definition) is 2. The van der Waals surface area contributed by atoms with E-state index in [1.54, 1.807) is 0 Å². The summed E-state index contributed by atoms with van der Waals surface area (Å²) in [5, 5.41) is 2.99. The molecule has 0 atom stereocenters. The topological polar surface area (TPSA) is 38.3 Å². The van der Waals surface area contributed by atoms with Crippen molar-refractivity contribution in [2.45, 2.75) is 31.7 Å². The van der Waals surface area contributed by atoms with Crippen molar-refractivity contribution in [1.29, 1.82) is 0 Å². The molecule has 1 aliphatic carbocycles. The van der Waals surface area contributed by atoms with Crippen LogP contribution in [0.3, 0.4) is 0 Å². The highest BCUT2D eigenvalue weighted by Gasteiger charge is 2.16. The van der Waals surface area contributed by atoms with E-state index in [1.165, 1.54) is 12.8 Å². The number of ether oxygens (including phenoxy) is 1. The molecule has 2 rings (SSSR count). The maximum Gasteiger partial charge on any atom is 0.258 e. The first-order valence-corrected chi connectivity index (χ1v) is 5.82. The highest BCUT2D eigenvalue weighted by molar-refractivity contribution is 5.77. The van der Waals surface area contributed by atoms with E-state index < -0.39 is 0 Å². The Morgan fingerprint density at radius 2 is 1.94 bits per heavy atom. The number of carbonyl (C=O) groups is 1. The summed E-state index contributed by atoms with van der Waals surface area (Å²) in [5.41, 5.74) is 0. The van der Waals surface area contributed by atoms with Gasteiger partial charge >= 0.3 is 0 Å². The summed E-state index contributed by atoms with van der Waals surface area (Å²) >= 11 is 0. The number of carbonyl (C=O) groups excluding carboxylic acids is 1. The molecule has 0 bridgehead atoms. The van der Waals surface area contributed by atoms with Gasteiger partial charge in [0.15, 0.2) is 6.61 Å². The molecule has 0 heterocycles. The van der Waals surface area contributed by atoms with E-state index in [0.717, 1.165) is 18.6 Å². The van der Waals surface area contributed by atoms with Gasteiger partial charge in [-0.05, 0) is 25.0 Å². The third-order valence-electron chi connectivity index (χ3n) is 2.83. The fourth-order valence-electron chi connectivity index (χ4n) is 2.01. The minimum absolute atomic E-state index is 0.0178. The lowest BCUT2D eigenvalue weighted by Gasteiger charge is -2.12. The predicted molar refractivity (Wildman–Crippen MR) is 62.3 cm³/mol. The van der Waals surface area contributed by atoms with Crippen molar-refractivity contribution >= 4 is 5.91 Å². The van der Waals surface area contributed by atoms with Crippen molar-refractivity contribution < 1.29 is 9.53 Å². The Hall–Kier alpha value is -1.51. The molecular weight excluding hydrogens is 202 g/mol. The molecule has 0 aromatic heterocycles. The monoisotopic (exact) mass is 219 g/mol. The van der Waals surface area contributed by atoms with E-state index in [9.17, 15) is 4.79 Å². The SMILES string of the molecule is O=C(COc1ccccc1)NC1CCCC1. The molecule has 1 fully saturated rings. The average Bonchev–Trinajstić information content (AvgIpc) is 2.81. The van der Waals surface area contributed by atoms with Crippen molar-refractivity contribution in [3.63, 3.8) is 0 Å². The number of para-hydroxylation sites is 1. The third kappa shape index (κ3) is 3.26. The molecule has 0 saturated heterocycles. The lowest BCUT2D eigenvalue weighted by Crippen LogP contribution is -2.36. The normalized spacial score (nSPS) is 16.0. The van der Waals surface area contributed by atoms with E-state index in [0.29, 0.717) is 6.04 Å². The zero-order valence-corrected chi connectivity index (χ0v) is 9.32. The fraction of sp³-hybridized carbons (Fsp3) is 0.462. The number of benzene rings is 1. The largest absolute Gasteiger partial charge is 0.484 e. The van der Waals surface area contributed by atoms with Crippen molar-refractivity contribution in [2.75, 3.05) is 6.61 Å². The van der Waals surface area contributed by atoms with E-state index in [1.807, 2.05) is 30.3 Å². The molecule has 0 radical (unpaired) electrons. The lowest BCUT2D eigenvalue weighted by molar-refractivity contribution is -0.123. The predicted octanol–water partition coefficient (Wildman–Crippen LogP) is 2.12. The zero-order chi connectivity index (χ0) is 11.2. The summed E-state index contributed by atoms with van der Waals surface area (Å²) in [6.45, 7) is 0.112. The van der Waals surface area contributed by atoms with E-state index in [4.69, 9.17) is 4.74 Å². The van der Waals surface area contributed by atoms with Gasteiger partial charge in [0.25, 0.3) is 5.91 Å². The Bertz CT molecular complexity index is 331. The van der Waals surface area contributed by atoms with Crippen LogP contribution >= 0.6 is 0 Å². The maximum absolute atomic E-state index is 11.5. The second-order valence-electron chi connectivity index (χ2n) is 4.15. The van der Waals surface area contributed by atoms with Gasteiger partial charge in [-0.2, -0.15) is 0 Å². The number of rotatable bonds is 4. The maximum atomic E-state index is 11.5. The summed E-state index contributed by atoms with van der Waals surface area (Å²) < 4.78 is 5.37. The summed E-state index contributed by atoms with van der Waals surface area (Å²) in [7, 11) is 0. The second-order valence-corrected chi connectivity index (χ2v) is 4.15. The first-order valence-electron chi connectivity index (χ1n) is 5.82. The molecule has 0 spiro atoms. The Kier molecular flexibility index (Phi) is 3.81. The van der Waals surface area contributed by atoms with Gasteiger partial charge in [-0.15, -0.1) is 0 Å². The second kappa shape index (κ2) is 5.54. The van der Waals surface area contributed by atoms with Gasteiger partial charge in [0, 0.05) is 6.04 Å². The zero-order valence-electron chi connectivity index (χ0n) is 9.32. The highest BCUT2D eigenvalue weighted by atomic mass is 16.5. The fourth-order valence-corrected chi connectivity index (χ4v) is 2.01. The molecule has 16 heavy (non-hydrogen) atoms. The van der Waals surface area contributed by atoms with Gasteiger partial charge in [0.2, 0.25) is 0 Å². The van der Waals surface area contributed by atoms with Crippen LogP contribution in [-0.4, -0.2) is 18.6 Å². The summed E-state index contributed by atoms with van der Waals surface area (Å²) in [4.78, 5) is 11.5. The molecule has 1 aliphatic rings. The van der Waals surface area contributed by atoms with Crippen LogP contribution in [-0.2, 0) is 4.79 Å². The van der Waals surface area contributed by atoms with Crippen LogP contribution in [0.5, 0.6) is 5.75 Å². The summed E-state index contributed by atoms with van der Waals surface area (Å²) in [6.07, 6.45) is 4.67. The molecule has 1 amide bonds. The number of hydrogen-bond donors (Lipinski definition) is 1. The smallest absolute Gasteiger partial charge is 0.258 e. The Morgan fingerprint density at radius 3 is 2.62 bits per heavy atom. The van der Waals surface area contributed by atoms with Crippen molar-refractivity contribution in [3.8, 4) is 5.75 Å². The molecule has 86 valence electrons. The van der Waals surface area contributed by atoms with Crippen molar-refractivity contribution in [1.82, 2.24) is 5.32 Å². The molecule has 1 aromatic rings. The Morgan fingerprint density at radius 1 is 1.25 bits per heavy atom. The van der Waals surface area contributed by atoms with Crippen molar-refractivity contribution in [3.05, 3.63) is 30.3 Å². The van der Waals surface area contributed by atoms with Gasteiger partial charge in [0.1, 0.15) is 5.75 Å². The minimum Gasteiger partial charge on any atom is -0.484 e. The highest BCUT2D eigenvalue weighted by Crippen LogP contribution is 2.17. The van der Waals surface area contributed by atoms with Crippen LogP contribution in [0.2, 0.25) is 0 Å². The molecule has 1 aromatic carbocycles. The molecule has 3 nitrogen and oxygen atoms in total. The van der Waals surface area contributed by atoms with Crippen LogP contribution < -0.4 is 10.1 Å². The molecule has 0 unspecified atom stereocenters. The summed E-state index contributed by atoms with van der Waals surface area (Å²) in [5.74, 6) is 0.722. The van der Waals surface area contributed by atoms with Gasteiger partial charge in [0.05, 0.1) is 0 Å². The molecular formula is C13H17NO2. The Balaban J connectivity index is 1.71. The van der Waals surface area contributed by atoms with Gasteiger partial charge < -0.3 is 10.1 Å². The van der Waals surface area contributed by atoms with Crippen LogP contribution in [0, 0.1) is 0 Å². The van der Waals surface area contributed by atoms with Gasteiger partial charge in [-0.1, -0.05) is 31.0 Å². The van der Waals surface area contributed by atoms with E-state index in [-0.39, 0.29) is 12.5 Å². The van der Waals surface area contributed by atoms with Crippen molar-refractivity contribution in [2.24, 2.45) is 0 Å². The van der Waals surface area contributed by atoms with Crippen LogP contribution in [0.1, 0.15) is 25.7 Å². The third-order valence-corrected chi connectivity index (χ3v) is 2.83. The standard InChI is InChI=1S/C13H17NO2/c15-13(14-11-6-4-5-7-11)10-16-12-8-2-1-3-9-12/h1-3,8-9,11H,4-7,10H2,(H,14,15). The summed E-state index contributed by atoms with van der Waals surface area (Å²) in [6, 6.07) is 9.78. The van der Waals surface area contributed by atoms with Crippen LogP contribution in [0.15, 0.2) is 30.3 Å². The van der Waals surface area contributed by atoms with E-state index >= 15 is 0 Å². The Labute approximate surface area is 95.8 Å². The molecule has 3 heteroatoms. The minimum atomic E-state index is -0.0178. The first-order chi connectivity index (χ1) is 7.84. The lowest BCUT2D eigenvalue weighted by atomic mass is 10.2. The van der Waals surface area contributed by atoms with Gasteiger partial charge in [-0.3, -0.25) is 4.79 Å². The molecule has 0 aliphatic heterocycles. The quantitative estimate of drug-likeness (QED) is 0.842.